The number of ether oxygens (including phenoxy) is 3. The zero-order valence-corrected chi connectivity index (χ0v) is 14.2. The number of esters is 1. The fraction of sp³-hybridized carbons (Fsp3) is 0.938. The van der Waals surface area contributed by atoms with Crippen molar-refractivity contribution in [2.45, 2.75) is 58.4 Å². The highest BCUT2D eigenvalue weighted by Crippen LogP contribution is 2.16. The zero-order chi connectivity index (χ0) is 16.0. The zero-order valence-electron chi connectivity index (χ0n) is 14.2. The van der Waals surface area contributed by atoms with Gasteiger partial charge in [0.05, 0.1) is 20.3 Å². The van der Waals surface area contributed by atoms with Crippen LogP contribution in [-0.2, 0) is 19.0 Å². The summed E-state index contributed by atoms with van der Waals surface area (Å²) in [6.45, 7) is 9.70. The van der Waals surface area contributed by atoms with Gasteiger partial charge in [-0.1, -0.05) is 13.8 Å². The number of hydrogen-bond donors (Lipinski definition) is 1. The second-order valence-electron chi connectivity index (χ2n) is 5.43. The van der Waals surface area contributed by atoms with Gasteiger partial charge in [0.2, 0.25) is 0 Å². The van der Waals surface area contributed by atoms with Gasteiger partial charge in [0.25, 0.3) is 0 Å². The molecular formula is C16H33NO4. The highest BCUT2D eigenvalue weighted by molar-refractivity contribution is 5.80. The Kier molecular flexibility index (Phi) is 12.6. The van der Waals surface area contributed by atoms with Gasteiger partial charge in [0, 0.05) is 13.2 Å². The molecule has 0 aromatic heterocycles. The van der Waals surface area contributed by atoms with Crippen molar-refractivity contribution in [2.75, 3.05) is 40.1 Å². The van der Waals surface area contributed by atoms with E-state index in [2.05, 4.69) is 19.2 Å². The fourth-order valence-electron chi connectivity index (χ4n) is 2.04. The summed E-state index contributed by atoms with van der Waals surface area (Å²) in [6.07, 6.45) is 4.66. The first kappa shape index (κ1) is 20.3. The molecule has 0 amide bonds. The Hall–Kier alpha value is -0.650. The van der Waals surface area contributed by atoms with Crippen LogP contribution in [0.3, 0.4) is 0 Å². The minimum Gasteiger partial charge on any atom is -0.468 e. The fourth-order valence-corrected chi connectivity index (χ4v) is 2.04. The molecule has 0 spiro atoms. The molecule has 0 rings (SSSR count). The average molecular weight is 303 g/mol. The standard InChI is InChI=1S/C16H33NO4/c1-5-10-17-16(3,15(18)19-4)9-7-8-12-21-14-13-20-11-6-2/h17H,5-14H2,1-4H3. The van der Waals surface area contributed by atoms with Crippen LogP contribution in [0.4, 0.5) is 0 Å². The molecule has 21 heavy (non-hydrogen) atoms. The molecule has 0 aliphatic heterocycles. The molecule has 0 bridgehead atoms. The largest absolute Gasteiger partial charge is 0.468 e. The van der Waals surface area contributed by atoms with E-state index < -0.39 is 5.54 Å². The van der Waals surface area contributed by atoms with E-state index in [-0.39, 0.29) is 5.97 Å². The summed E-state index contributed by atoms with van der Waals surface area (Å²) >= 11 is 0. The Bertz CT molecular complexity index is 261. The van der Waals surface area contributed by atoms with Crippen LogP contribution in [0, 0.1) is 0 Å². The Balaban J connectivity index is 3.76. The first-order valence-corrected chi connectivity index (χ1v) is 8.09. The summed E-state index contributed by atoms with van der Waals surface area (Å²) in [6, 6.07) is 0. The van der Waals surface area contributed by atoms with Crippen molar-refractivity contribution in [2.24, 2.45) is 0 Å². The van der Waals surface area contributed by atoms with Crippen molar-refractivity contribution < 1.29 is 19.0 Å². The summed E-state index contributed by atoms with van der Waals surface area (Å²) in [5.41, 5.74) is -0.588. The van der Waals surface area contributed by atoms with Crippen molar-refractivity contribution in [1.82, 2.24) is 5.32 Å². The molecule has 0 aliphatic carbocycles. The van der Waals surface area contributed by atoms with Gasteiger partial charge in [0.15, 0.2) is 0 Å². The molecule has 0 aromatic rings. The second kappa shape index (κ2) is 13.0. The number of carbonyl (C=O) groups is 1. The lowest BCUT2D eigenvalue weighted by Gasteiger charge is -2.28. The summed E-state index contributed by atoms with van der Waals surface area (Å²) < 4.78 is 15.7. The van der Waals surface area contributed by atoms with E-state index in [9.17, 15) is 4.79 Å². The summed E-state index contributed by atoms with van der Waals surface area (Å²) in [7, 11) is 1.44. The van der Waals surface area contributed by atoms with Gasteiger partial charge in [0.1, 0.15) is 5.54 Å². The quantitative estimate of drug-likeness (QED) is 0.395. The molecule has 126 valence electrons. The van der Waals surface area contributed by atoms with Gasteiger partial charge in [-0.05, 0) is 45.6 Å². The molecule has 1 atom stereocenters. The lowest BCUT2D eigenvalue weighted by atomic mass is 9.94. The molecule has 0 heterocycles. The molecule has 0 aliphatic rings. The van der Waals surface area contributed by atoms with Crippen molar-refractivity contribution in [3.8, 4) is 0 Å². The SMILES string of the molecule is CCCNC(C)(CCCCOCCOCCC)C(=O)OC. The van der Waals surface area contributed by atoms with Gasteiger partial charge < -0.3 is 19.5 Å². The lowest BCUT2D eigenvalue weighted by Crippen LogP contribution is -2.50. The van der Waals surface area contributed by atoms with Crippen molar-refractivity contribution in [3.05, 3.63) is 0 Å². The Morgan fingerprint density at radius 2 is 1.67 bits per heavy atom. The highest BCUT2D eigenvalue weighted by Gasteiger charge is 2.32. The normalized spacial score (nSPS) is 13.9. The van der Waals surface area contributed by atoms with Gasteiger partial charge in [-0.2, -0.15) is 0 Å². The number of unbranched alkanes of at least 4 members (excludes halogenated alkanes) is 1. The van der Waals surface area contributed by atoms with E-state index >= 15 is 0 Å². The first-order chi connectivity index (χ1) is 10.1. The van der Waals surface area contributed by atoms with Crippen LogP contribution in [0.25, 0.3) is 0 Å². The average Bonchev–Trinajstić information content (AvgIpc) is 2.50. The predicted octanol–water partition coefficient (Wildman–Crippen LogP) is 2.53. The maximum absolute atomic E-state index is 11.9. The Morgan fingerprint density at radius 3 is 2.24 bits per heavy atom. The van der Waals surface area contributed by atoms with Gasteiger partial charge in [-0.3, -0.25) is 4.79 Å². The third-order valence-electron chi connectivity index (χ3n) is 3.34. The van der Waals surface area contributed by atoms with Crippen LogP contribution in [0.15, 0.2) is 0 Å². The Labute approximate surface area is 129 Å². The number of hydrogen-bond acceptors (Lipinski definition) is 5. The van der Waals surface area contributed by atoms with Crippen LogP contribution in [0.2, 0.25) is 0 Å². The molecule has 0 saturated heterocycles. The van der Waals surface area contributed by atoms with Crippen molar-refractivity contribution >= 4 is 5.97 Å². The van der Waals surface area contributed by atoms with E-state index in [1.54, 1.807) is 0 Å². The topological polar surface area (TPSA) is 56.8 Å². The summed E-state index contributed by atoms with van der Waals surface area (Å²) in [5.74, 6) is -0.190. The van der Waals surface area contributed by atoms with Crippen molar-refractivity contribution in [3.63, 3.8) is 0 Å². The highest BCUT2D eigenvalue weighted by atomic mass is 16.5. The van der Waals surface area contributed by atoms with Crippen LogP contribution < -0.4 is 5.32 Å². The van der Waals surface area contributed by atoms with Crippen LogP contribution in [-0.4, -0.2) is 51.6 Å². The minimum atomic E-state index is -0.588. The molecule has 0 fully saturated rings. The number of rotatable bonds is 14. The Morgan fingerprint density at radius 1 is 1.00 bits per heavy atom. The summed E-state index contributed by atoms with van der Waals surface area (Å²) in [4.78, 5) is 11.9. The number of nitrogens with one attached hydrogen (secondary N) is 1. The minimum absolute atomic E-state index is 0.190. The monoisotopic (exact) mass is 303 g/mol. The maximum atomic E-state index is 11.9. The molecule has 0 aromatic carbocycles. The van der Waals surface area contributed by atoms with Gasteiger partial charge in [-0.15, -0.1) is 0 Å². The molecule has 1 N–H and O–H groups in total. The summed E-state index contributed by atoms with van der Waals surface area (Å²) in [5, 5.41) is 3.29. The van der Waals surface area contributed by atoms with E-state index in [4.69, 9.17) is 14.2 Å². The molecule has 0 radical (unpaired) electrons. The smallest absolute Gasteiger partial charge is 0.325 e. The van der Waals surface area contributed by atoms with Gasteiger partial charge in [-0.25, -0.2) is 0 Å². The van der Waals surface area contributed by atoms with E-state index in [1.165, 1.54) is 7.11 Å². The first-order valence-electron chi connectivity index (χ1n) is 8.09. The van der Waals surface area contributed by atoms with E-state index in [0.29, 0.717) is 19.8 Å². The lowest BCUT2D eigenvalue weighted by molar-refractivity contribution is -0.148. The molecule has 0 saturated carbocycles. The molecular weight excluding hydrogens is 270 g/mol. The van der Waals surface area contributed by atoms with Crippen LogP contribution in [0.5, 0.6) is 0 Å². The molecule has 1 unspecified atom stereocenters. The van der Waals surface area contributed by atoms with Crippen LogP contribution in [0.1, 0.15) is 52.9 Å². The van der Waals surface area contributed by atoms with Crippen LogP contribution >= 0.6 is 0 Å². The second-order valence-corrected chi connectivity index (χ2v) is 5.43. The number of methoxy groups -OCH3 is 1. The molecule has 5 nitrogen and oxygen atoms in total. The van der Waals surface area contributed by atoms with E-state index in [0.717, 1.165) is 45.3 Å². The predicted molar refractivity (Wildman–Crippen MR) is 84.5 cm³/mol. The maximum Gasteiger partial charge on any atom is 0.325 e. The van der Waals surface area contributed by atoms with E-state index in [1.807, 2.05) is 6.92 Å². The number of carbonyl (C=O) groups excluding carboxylic acids is 1. The third-order valence-corrected chi connectivity index (χ3v) is 3.34. The van der Waals surface area contributed by atoms with Crippen molar-refractivity contribution in [1.29, 1.82) is 0 Å². The molecule has 5 heteroatoms. The third kappa shape index (κ3) is 9.82. The van der Waals surface area contributed by atoms with Gasteiger partial charge >= 0.3 is 5.97 Å².